The number of hydrogen-bond acceptors (Lipinski definition) is 6. The molecule has 1 aliphatic heterocycles. The molecule has 1 fully saturated rings. The van der Waals surface area contributed by atoms with Crippen molar-refractivity contribution in [1.82, 2.24) is 5.06 Å². The van der Waals surface area contributed by atoms with Gasteiger partial charge in [0.15, 0.2) is 0 Å². The smallest absolute Gasteiger partial charge is 0.550 e. The Kier molecular flexibility index (Phi) is 28.2. The molecule has 1 saturated heterocycles. The number of carboxylic acids is 2. The summed E-state index contributed by atoms with van der Waals surface area (Å²) >= 11 is 0. The molecule has 1 rings (SSSR count). The van der Waals surface area contributed by atoms with E-state index in [1.54, 1.807) is 0 Å². The van der Waals surface area contributed by atoms with E-state index < -0.39 is 11.9 Å². The van der Waals surface area contributed by atoms with Crippen molar-refractivity contribution in [3.63, 3.8) is 0 Å². The first-order valence-corrected chi connectivity index (χ1v) is 3.15. The molecule has 0 aromatic carbocycles. The molecule has 0 bridgehead atoms. The zero-order chi connectivity index (χ0) is 10.1. The molecule has 0 aromatic rings. The topological polar surface area (TPSA) is 104 Å². The van der Waals surface area contributed by atoms with Crippen molar-refractivity contribution in [2.24, 2.45) is 0 Å². The van der Waals surface area contributed by atoms with Gasteiger partial charge in [-0.1, -0.05) is 0 Å². The van der Waals surface area contributed by atoms with Gasteiger partial charge >= 0.3 is 59.1 Å². The standard InChI is InChI=1S/C2H5NO.2C2H4O2.2Na/c4-3-1-2-3;2*1-2(3)4;;/h4H,1-2H2;2*1H3,(H,3,4);;/q;;;2*+1/p-2. The monoisotopic (exact) mass is 223 g/mol. The number of carbonyl (C=O) groups excluding carboxylic acids is 2. The van der Waals surface area contributed by atoms with Crippen molar-refractivity contribution in [3.05, 3.63) is 0 Å². The summed E-state index contributed by atoms with van der Waals surface area (Å²) in [6, 6.07) is 0. The van der Waals surface area contributed by atoms with Crippen molar-refractivity contribution in [1.29, 1.82) is 0 Å². The maximum atomic E-state index is 8.89. The van der Waals surface area contributed by atoms with Crippen LogP contribution in [0.4, 0.5) is 0 Å². The first-order valence-electron chi connectivity index (χ1n) is 3.15. The first-order chi connectivity index (χ1) is 5.36. The second kappa shape index (κ2) is 16.3. The maximum Gasteiger partial charge on any atom is 1.00 e. The van der Waals surface area contributed by atoms with Crippen LogP contribution >= 0.6 is 0 Å². The Morgan fingerprint density at radius 2 is 1.14 bits per heavy atom. The first kappa shape index (κ1) is 24.2. The minimum absolute atomic E-state index is 0. The van der Waals surface area contributed by atoms with E-state index in [2.05, 4.69) is 0 Å². The zero-order valence-corrected chi connectivity index (χ0v) is 12.9. The normalized spacial score (nSPS) is 11.1. The van der Waals surface area contributed by atoms with Gasteiger partial charge in [-0.3, -0.25) is 0 Å². The molecule has 1 heterocycles. The van der Waals surface area contributed by atoms with Crippen LogP contribution in [0.1, 0.15) is 13.8 Å². The van der Waals surface area contributed by atoms with Crippen LogP contribution in [0.5, 0.6) is 0 Å². The van der Waals surface area contributed by atoms with E-state index in [1.165, 1.54) is 5.06 Å². The van der Waals surface area contributed by atoms with Crippen LogP contribution in [0.15, 0.2) is 0 Å². The molecule has 1 N–H and O–H groups in total. The molecule has 0 amide bonds. The molecule has 72 valence electrons. The maximum absolute atomic E-state index is 8.89. The van der Waals surface area contributed by atoms with Crippen LogP contribution in [0.2, 0.25) is 0 Å². The number of carbonyl (C=O) groups is 2. The predicted octanol–water partition coefficient (Wildman–Crippen LogP) is -8.79. The summed E-state index contributed by atoms with van der Waals surface area (Å²) in [7, 11) is 0. The molecular formula is C6H11NNa2O5. The number of carboxylic acid groups (broad SMARTS) is 2. The van der Waals surface area contributed by atoms with Crippen molar-refractivity contribution < 1.29 is 84.1 Å². The van der Waals surface area contributed by atoms with Gasteiger partial charge in [-0.25, -0.2) is 0 Å². The van der Waals surface area contributed by atoms with Gasteiger partial charge in [0.05, 0.1) is 0 Å². The molecule has 0 saturated carbocycles. The van der Waals surface area contributed by atoms with E-state index in [1.807, 2.05) is 0 Å². The van der Waals surface area contributed by atoms with Crippen molar-refractivity contribution in [3.8, 4) is 0 Å². The van der Waals surface area contributed by atoms with Crippen LogP contribution in [-0.2, 0) is 9.59 Å². The van der Waals surface area contributed by atoms with E-state index >= 15 is 0 Å². The number of hydroxylamine groups is 2. The molecule has 0 radical (unpaired) electrons. The summed E-state index contributed by atoms with van der Waals surface area (Å²) < 4.78 is 0. The molecule has 8 heteroatoms. The fourth-order valence-corrected chi connectivity index (χ4v) is 0.0447. The molecule has 0 aromatic heterocycles. The Labute approximate surface area is 127 Å². The van der Waals surface area contributed by atoms with Crippen molar-refractivity contribution >= 4 is 11.9 Å². The summed E-state index contributed by atoms with van der Waals surface area (Å²) in [6.07, 6.45) is 0. The van der Waals surface area contributed by atoms with Crippen LogP contribution in [0.3, 0.4) is 0 Å². The second-order valence-corrected chi connectivity index (χ2v) is 1.94. The third-order valence-electron chi connectivity index (χ3n) is 0.424. The Morgan fingerprint density at radius 3 is 1.14 bits per heavy atom. The Bertz CT molecular complexity index is 131. The average molecular weight is 223 g/mol. The fraction of sp³-hybridized carbons (Fsp3) is 0.667. The largest absolute Gasteiger partial charge is 1.00 e. The Morgan fingerprint density at radius 1 is 1.07 bits per heavy atom. The number of nitrogens with zero attached hydrogens (tertiary/aromatic N) is 1. The van der Waals surface area contributed by atoms with Gasteiger partial charge in [0.25, 0.3) is 0 Å². The van der Waals surface area contributed by atoms with Crippen molar-refractivity contribution in [2.45, 2.75) is 13.8 Å². The number of hydrogen-bond donors (Lipinski definition) is 1. The molecule has 1 aliphatic rings. The van der Waals surface area contributed by atoms with Gasteiger partial charge < -0.3 is 25.0 Å². The minimum atomic E-state index is -1.08. The van der Waals surface area contributed by atoms with Gasteiger partial charge in [-0.05, 0) is 13.8 Å². The van der Waals surface area contributed by atoms with Crippen LogP contribution in [0.25, 0.3) is 0 Å². The SMILES string of the molecule is CC(=O)[O-].CC(=O)[O-].ON1CC1.[Na+].[Na+]. The van der Waals surface area contributed by atoms with Gasteiger partial charge in [0.1, 0.15) is 0 Å². The van der Waals surface area contributed by atoms with E-state index in [0.717, 1.165) is 26.9 Å². The minimum Gasteiger partial charge on any atom is -0.550 e. The third-order valence-corrected chi connectivity index (χ3v) is 0.424. The van der Waals surface area contributed by atoms with E-state index in [4.69, 9.17) is 25.0 Å². The molecule has 0 aliphatic carbocycles. The van der Waals surface area contributed by atoms with Crippen LogP contribution in [-0.4, -0.2) is 35.3 Å². The molecule has 0 atom stereocenters. The molecular weight excluding hydrogens is 212 g/mol. The fourth-order valence-electron chi connectivity index (χ4n) is 0.0447. The summed E-state index contributed by atoms with van der Waals surface area (Å²) in [5.74, 6) is -2.17. The van der Waals surface area contributed by atoms with Crippen LogP contribution < -0.4 is 69.3 Å². The van der Waals surface area contributed by atoms with Gasteiger partial charge in [0, 0.05) is 25.0 Å². The van der Waals surface area contributed by atoms with Gasteiger partial charge in [-0.2, -0.15) is 5.06 Å². The van der Waals surface area contributed by atoms with E-state index in [0.29, 0.717) is 0 Å². The van der Waals surface area contributed by atoms with Gasteiger partial charge in [-0.15, -0.1) is 0 Å². The summed E-state index contributed by atoms with van der Waals surface area (Å²) in [6.45, 7) is 3.69. The second-order valence-electron chi connectivity index (χ2n) is 1.94. The molecule has 6 nitrogen and oxygen atoms in total. The van der Waals surface area contributed by atoms with E-state index in [9.17, 15) is 0 Å². The van der Waals surface area contributed by atoms with Gasteiger partial charge in [0.2, 0.25) is 0 Å². The third kappa shape index (κ3) is 121. The van der Waals surface area contributed by atoms with Crippen LogP contribution in [0, 0.1) is 0 Å². The summed E-state index contributed by atoms with van der Waals surface area (Å²) in [4.78, 5) is 17.8. The zero-order valence-electron chi connectivity index (χ0n) is 8.94. The Hall–Kier alpha value is 0.860. The predicted molar refractivity (Wildman–Crippen MR) is 34.7 cm³/mol. The molecule has 14 heavy (non-hydrogen) atoms. The summed E-state index contributed by atoms with van der Waals surface area (Å²) in [5, 5.41) is 27.0. The van der Waals surface area contributed by atoms with Crippen molar-refractivity contribution in [2.75, 3.05) is 13.1 Å². The Balaban J connectivity index is -0.0000000500. The van der Waals surface area contributed by atoms with E-state index in [-0.39, 0.29) is 59.1 Å². The summed E-state index contributed by atoms with van der Waals surface area (Å²) in [5.41, 5.74) is 0. The molecule has 0 unspecified atom stereocenters. The number of aliphatic carboxylic acids is 2. The average Bonchev–Trinajstić information content (AvgIpc) is 2.46. The molecule has 0 spiro atoms. The quantitative estimate of drug-likeness (QED) is 0.323. The number of rotatable bonds is 0.